The van der Waals surface area contributed by atoms with Gasteiger partial charge in [0.1, 0.15) is 12.5 Å². The highest BCUT2D eigenvalue weighted by Crippen LogP contribution is 2.39. The Morgan fingerprint density at radius 2 is 1.76 bits per heavy atom. The lowest BCUT2D eigenvalue weighted by molar-refractivity contribution is -0.157. The minimum Gasteiger partial charge on any atom is -0.390 e. The molecule has 17 heavy (non-hydrogen) atoms. The van der Waals surface area contributed by atoms with Gasteiger partial charge in [0.15, 0.2) is 0 Å². The largest absolute Gasteiger partial charge is 0.395 e. The Balaban J connectivity index is 3.03. The van der Waals surface area contributed by atoms with E-state index in [1.807, 2.05) is 0 Å². The smallest absolute Gasteiger partial charge is 0.390 e. The van der Waals surface area contributed by atoms with Crippen LogP contribution in [-0.4, -0.2) is 24.1 Å². The first-order valence-corrected chi connectivity index (χ1v) is 4.91. The predicted octanol–water partition coefficient (Wildman–Crippen LogP) is 3.19. The second kappa shape index (κ2) is 5.44. The molecule has 0 saturated carbocycles. The normalized spacial score (nSPS) is 15.6. The summed E-state index contributed by atoms with van der Waals surface area (Å²) in [4.78, 5) is 0. The highest BCUT2D eigenvalue weighted by Gasteiger charge is 2.42. The van der Waals surface area contributed by atoms with Gasteiger partial charge in [-0.3, -0.25) is 0 Å². The van der Waals surface area contributed by atoms with E-state index in [2.05, 4.69) is 0 Å². The zero-order chi connectivity index (χ0) is 13.1. The van der Waals surface area contributed by atoms with E-state index in [0.29, 0.717) is 0 Å². The number of aliphatic hydroxyl groups is 1. The third-order valence-corrected chi connectivity index (χ3v) is 2.36. The van der Waals surface area contributed by atoms with Crippen molar-refractivity contribution in [2.75, 3.05) is 6.67 Å². The van der Waals surface area contributed by atoms with Gasteiger partial charge >= 0.3 is 6.18 Å². The van der Waals surface area contributed by atoms with Crippen molar-refractivity contribution in [1.29, 1.82) is 0 Å². The third-order valence-electron chi connectivity index (χ3n) is 2.36. The van der Waals surface area contributed by atoms with Crippen LogP contribution in [0.4, 0.5) is 22.0 Å². The molecule has 1 aromatic carbocycles. The number of hydrogen-bond donors (Lipinski definition) is 1. The maximum absolute atomic E-state index is 13.2. The van der Waals surface area contributed by atoms with Crippen LogP contribution in [0.25, 0.3) is 0 Å². The molecule has 6 heteroatoms. The fourth-order valence-corrected chi connectivity index (χ4v) is 1.53. The molecule has 96 valence electrons. The van der Waals surface area contributed by atoms with E-state index < -0.39 is 42.7 Å². The SMILES string of the molecule is OC(CF)CC(c1ccccc1F)C(F)(F)F. The van der Waals surface area contributed by atoms with E-state index in [1.165, 1.54) is 12.1 Å². The molecule has 2 atom stereocenters. The third kappa shape index (κ3) is 3.66. The van der Waals surface area contributed by atoms with E-state index in [1.54, 1.807) is 0 Å². The van der Waals surface area contributed by atoms with Crippen molar-refractivity contribution in [2.24, 2.45) is 0 Å². The Morgan fingerprint density at radius 3 is 2.24 bits per heavy atom. The van der Waals surface area contributed by atoms with Gasteiger partial charge in [0.25, 0.3) is 0 Å². The quantitative estimate of drug-likeness (QED) is 0.818. The van der Waals surface area contributed by atoms with Crippen LogP contribution in [0.3, 0.4) is 0 Å². The fourth-order valence-electron chi connectivity index (χ4n) is 1.53. The Kier molecular flexibility index (Phi) is 4.45. The van der Waals surface area contributed by atoms with E-state index in [9.17, 15) is 22.0 Å². The minimum atomic E-state index is -4.72. The van der Waals surface area contributed by atoms with Crippen molar-refractivity contribution in [1.82, 2.24) is 0 Å². The Morgan fingerprint density at radius 1 is 1.18 bits per heavy atom. The van der Waals surface area contributed by atoms with Gasteiger partial charge in [0.2, 0.25) is 0 Å². The van der Waals surface area contributed by atoms with Crippen LogP contribution in [0.1, 0.15) is 17.9 Å². The van der Waals surface area contributed by atoms with Crippen LogP contribution in [0.15, 0.2) is 24.3 Å². The summed E-state index contributed by atoms with van der Waals surface area (Å²) in [6.45, 7) is -1.29. The Hall–Kier alpha value is -1.17. The average Bonchev–Trinajstić information content (AvgIpc) is 2.25. The Bertz CT molecular complexity index is 363. The lowest BCUT2D eigenvalue weighted by atomic mass is 9.92. The summed E-state index contributed by atoms with van der Waals surface area (Å²) in [5.74, 6) is -3.21. The van der Waals surface area contributed by atoms with Gasteiger partial charge in [-0.1, -0.05) is 18.2 Å². The molecular formula is C11H11F5O. The molecule has 0 fully saturated rings. The molecule has 2 unspecified atom stereocenters. The Labute approximate surface area is 94.9 Å². The predicted molar refractivity (Wildman–Crippen MR) is 51.8 cm³/mol. The average molecular weight is 254 g/mol. The lowest BCUT2D eigenvalue weighted by Gasteiger charge is -2.22. The molecule has 0 aromatic heterocycles. The minimum absolute atomic E-state index is 0.576. The van der Waals surface area contributed by atoms with Crippen molar-refractivity contribution >= 4 is 0 Å². The van der Waals surface area contributed by atoms with Crippen molar-refractivity contribution in [3.8, 4) is 0 Å². The van der Waals surface area contributed by atoms with E-state index in [4.69, 9.17) is 5.11 Å². The topological polar surface area (TPSA) is 20.2 Å². The number of rotatable bonds is 4. The van der Waals surface area contributed by atoms with E-state index in [0.717, 1.165) is 12.1 Å². The summed E-state index contributed by atoms with van der Waals surface area (Å²) in [5.41, 5.74) is -0.576. The first-order valence-electron chi connectivity index (χ1n) is 4.91. The number of alkyl halides is 4. The summed E-state index contributed by atoms with van der Waals surface area (Å²) in [5, 5.41) is 8.95. The standard InChI is InChI=1S/C11H11F5O/c12-6-7(17)5-9(11(14,15)16)8-3-1-2-4-10(8)13/h1-4,7,9,17H,5-6H2. The molecule has 1 rings (SSSR count). The van der Waals surface area contributed by atoms with Crippen LogP contribution in [0.2, 0.25) is 0 Å². The monoisotopic (exact) mass is 254 g/mol. The van der Waals surface area contributed by atoms with Crippen LogP contribution >= 0.6 is 0 Å². The van der Waals surface area contributed by atoms with Crippen molar-refractivity contribution in [3.63, 3.8) is 0 Å². The molecule has 0 heterocycles. The van der Waals surface area contributed by atoms with Crippen molar-refractivity contribution < 1.29 is 27.1 Å². The lowest BCUT2D eigenvalue weighted by Crippen LogP contribution is -2.27. The zero-order valence-corrected chi connectivity index (χ0v) is 8.72. The molecule has 0 amide bonds. The molecular weight excluding hydrogens is 243 g/mol. The second-order valence-corrected chi connectivity index (χ2v) is 3.66. The molecule has 1 aromatic rings. The van der Waals surface area contributed by atoms with Gasteiger partial charge in [-0.2, -0.15) is 13.2 Å². The van der Waals surface area contributed by atoms with E-state index in [-0.39, 0.29) is 0 Å². The first kappa shape index (κ1) is 13.9. The van der Waals surface area contributed by atoms with Crippen LogP contribution in [0, 0.1) is 5.82 Å². The number of benzene rings is 1. The zero-order valence-electron chi connectivity index (χ0n) is 8.72. The van der Waals surface area contributed by atoms with Crippen molar-refractivity contribution in [3.05, 3.63) is 35.6 Å². The van der Waals surface area contributed by atoms with Gasteiger partial charge < -0.3 is 5.11 Å². The molecule has 0 bridgehead atoms. The van der Waals surface area contributed by atoms with Crippen LogP contribution in [-0.2, 0) is 0 Å². The molecule has 0 saturated heterocycles. The highest BCUT2D eigenvalue weighted by molar-refractivity contribution is 5.23. The fraction of sp³-hybridized carbons (Fsp3) is 0.455. The van der Waals surface area contributed by atoms with Gasteiger partial charge in [-0.05, 0) is 12.5 Å². The summed E-state index contributed by atoms with van der Waals surface area (Å²) in [6, 6.07) is 4.41. The van der Waals surface area contributed by atoms with Crippen LogP contribution < -0.4 is 0 Å². The number of halogens is 5. The van der Waals surface area contributed by atoms with E-state index >= 15 is 0 Å². The maximum atomic E-state index is 13.2. The van der Waals surface area contributed by atoms with Crippen LogP contribution in [0.5, 0.6) is 0 Å². The molecule has 0 spiro atoms. The van der Waals surface area contributed by atoms with Crippen molar-refractivity contribution in [2.45, 2.75) is 24.6 Å². The summed E-state index contributed by atoms with van der Waals surface area (Å²) < 4.78 is 63.3. The van der Waals surface area contributed by atoms with Gasteiger partial charge in [-0.25, -0.2) is 8.78 Å². The molecule has 0 aliphatic rings. The molecule has 1 N–H and O–H groups in total. The highest BCUT2D eigenvalue weighted by atomic mass is 19.4. The summed E-state index contributed by atoms with van der Waals surface area (Å²) >= 11 is 0. The molecule has 0 aliphatic carbocycles. The number of hydrogen-bond acceptors (Lipinski definition) is 1. The first-order chi connectivity index (χ1) is 7.86. The van der Waals surface area contributed by atoms with Gasteiger partial charge in [0, 0.05) is 5.56 Å². The summed E-state index contributed by atoms with van der Waals surface area (Å²) in [6.07, 6.45) is -7.36. The number of aliphatic hydroxyl groups excluding tert-OH is 1. The summed E-state index contributed by atoms with van der Waals surface area (Å²) in [7, 11) is 0. The molecule has 0 radical (unpaired) electrons. The molecule has 0 aliphatic heterocycles. The van der Waals surface area contributed by atoms with Gasteiger partial charge in [-0.15, -0.1) is 0 Å². The van der Waals surface area contributed by atoms with Gasteiger partial charge in [0.05, 0.1) is 12.0 Å². The maximum Gasteiger partial charge on any atom is 0.395 e. The second-order valence-electron chi connectivity index (χ2n) is 3.66. The molecule has 1 nitrogen and oxygen atoms in total.